The maximum absolute atomic E-state index is 13.0. The van der Waals surface area contributed by atoms with Crippen LogP contribution in [-0.2, 0) is 14.8 Å². The Morgan fingerprint density at radius 2 is 2.14 bits per heavy atom. The summed E-state index contributed by atoms with van der Waals surface area (Å²) >= 11 is 1.64. The lowest BCUT2D eigenvalue weighted by atomic mass is 10.1. The fourth-order valence-electron chi connectivity index (χ4n) is 3.97. The highest BCUT2D eigenvalue weighted by Crippen LogP contribution is 2.31. The minimum atomic E-state index is -3.70. The summed E-state index contributed by atoms with van der Waals surface area (Å²) in [5.74, 6) is 0.300. The Hall–Kier alpha value is -2.23. The van der Waals surface area contributed by atoms with Crippen LogP contribution in [0.3, 0.4) is 0 Å². The van der Waals surface area contributed by atoms with Gasteiger partial charge in [0, 0.05) is 18.7 Å². The highest BCUT2D eigenvalue weighted by atomic mass is 32.2. The van der Waals surface area contributed by atoms with Crippen LogP contribution in [-0.4, -0.2) is 63.2 Å². The second kappa shape index (κ2) is 7.89. The van der Waals surface area contributed by atoms with Crippen molar-refractivity contribution >= 4 is 33.1 Å². The van der Waals surface area contributed by atoms with Crippen molar-refractivity contribution in [1.29, 1.82) is 0 Å². The van der Waals surface area contributed by atoms with Crippen LogP contribution in [0.2, 0.25) is 0 Å². The van der Waals surface area contributed by atoms with Gasteiger partial charge in [-0.3, -0.25) is 4.79 Å². The predicted molar refractivity (Wildman–Crippen MR) is 114 cm³/mol. The molecule has 9 heteroatoms. The van der Waals surface area contributed by atoms with Gasteiger partial charge in [0.2, 0.25) is 5.91 Å². The molecule has 3 heterocycles. The van der Waals surface area contributed by atoms with E-state index in [0.717, 1.165) is 6.42 Å². The Balaban J connectivity index is 1.51. The van der Waals surface area contributed by atoms with Gasteiger partial charge in [0.25, 0.3) is 10.0 Å². The summed E-state index contributed by atoms with van der Waals surface area (Å²) in [4.78, 5) is 17.1. The van der Waals surface area contributed by atoms with E-state index in [1.54, 1.807) is 35.6 Å². The van der Waals surface area contributed by atoms with Gasteiger partial charge in [-0.15, -0.1) is 4.40 Å². The number of hydrogen-bond acceptors (Lipinski definition) is 6. The summed E-state index contributed by atoms with van der Waals surface area (Å²) in [6, 6.07) is 8.54. The number of nitrogens with zero attached hydrogens (tertiary/aromatic N) is 3. The summed E-state index contributed by atoms with van der Waals surface area (Å²) in [6.07, 6.45) is 1.50. The third-order valence-electron chi connectivity index (χ3n) is 5.46. The number of likely N-dealkylation sites (N-methyl/N-ethyl adjacent to an activating group) is 1. The summed E-state index contributed by atoms with van der Waals surface area (Å²) < 4.78 is 28.8. The predicted octanol–water partition coefficient (Wildman–Crippen LogP) is 2.08. The monoisotopic (exact) mass is 432 g/mol. The number of carbonyl (C=O) groups is 1. The molecule has 0 bridgehead atoms. The van der Waals surface area contributed by atoms with Crippen molar-refractivity contribution in [2.45, 2.75) is 29.8 Å². The van der Waals surface area contributed by atoms with Crippen molar-refractivity contribution in [1.82, 2.24) is 15.1 Å². The second-order valence-corrected chi connectivity index (χ2v) is 9.87. The van der Waals surface area contributed by atoms with Gasteiger partial charge >= 0.3 is 0 Å². The first-order valence-corrected chi connectivity index (χ1v) is 11.9. The van der Waals surface area contributed by atoms with Crippen LogP contribution in [0.1, 0.15) is 30.0 Å². The summed E-state index contributed by atoms with van der Waals surface area (Å²) in [5.41, 5.74) is 1.75. The highest BCUT2D eigenvalue weighted by Gasteiger charge is 2.39. The van der Waals surface area contributed by atoms with Crippen molar-refractivity contribution < 1.29 is 13.2 Å². The minimum Gasteiger partial charge on any atom is -0.352 e. The number of nitrogens with one attached hydrogen (secondary N) is 1. The Labute approximate surface area is 175 Å². The van der Waals surface area contributed by atoms with E-state index in [2.05, 4.69) is 26.1 Å². The van der Waals surface area contributed by atoms with Crippen LogP contribution in [0, 0.1) is 0 Å². The summed E-state index contributed by atoms with van der Waals surface area (Å²) in [6.45, 7) is 1.11. The number of likely N-dealkylation sites (tertiary alicyclic amines) is 1. The zero-order valence-electron chi connectivity index (χ0n) is 16.4. The van der Waals surface area contributed by atoms with Crippen LogP contribution in [0.4, 0.5) is 0 Å². The Morgan fingerprint density at radius 3 is 2.86 bits per heavy atom. The number of rotatable bonds is 5. The number of hydrogen-bond donors (Lipinski definition) is 1. The van der Waals surface area contributed by atoms with Crippen molar-refractivity contribution in [2.24, 2.45) is 4.40 Å². The first-order valence-electron chi connectivity index (χ1n) is 9.56. The zero-order chi connectivity index (χ0) is 20.6. The molecule has 4 rings (SSSR count). The molecule has 1 fully saturated rings. The lowest BCUT2D eigenvalue weighted by Crippen LogP contribution is -2.47. The van der Waals surface area contributed by atoms with Gasteiger partial charge in [-0.1, -0.05) is 12.1 Å². The number of thiophene rings is 1. The van der Waals surface area contributed by atoms with E-state index < -0.39 is 16.1 Å². The standard InChI is InChI=1S/C20H24N4O3S2/c1-23(2)17(14-9-11-28-13-14)12-21-20(25)16-7-5-10-24(16)19-15-6-3-4-8-18(15)29(26,27)22-19/h3-4,6,8-9,11,13,16-17H,5,7,10,12H2,1-2H3,(H,21,25)/t16-,17?/m0/s1. The van der Waals surface area contributed by atoms with Gasteiger partial charge in [-0.05, 0) is 61.5 Å². The van der Waals surface area contributed by atoms with E-state index >= 15 is 0 Å². The molecule has 0 radical (unpaired) electrons. The van der Waals surface area contributed by atoms with Gasteiger partial charge in [0.1, 0.15) is 10.9 Å². The zero-order valence-corrected chi connectivity index (χ0v) is 18.0. The molecular formula is C20H24N4O3S2. The van der Waals surface area contributed by atoms with Gasteiger partial charge in [0.15, 0.2) is 5.84 Å². The van der Waals surface area contributed by atoms with Gasteiger partial charge in [-0.2, -0.15) is 19.8 Å². The molecule has 1 saturated heterocycles. The molecule has 29 heavy (non-hydrogen) atoms. The molecule has 1 N–H and O–H groups in total. The van der Waals surface area contributed by atoms with E-state index in [4.69, 9.17) is 0 Å². The van der Waals surface area contributed by atoms with E-state index in [-0.39, 0.29) is 16.8 Å². The molecule has 2 aromatic rings. The van der Waals surface area contributed by atoms with Crippen LogP contribution in [0.15, 0.2) is 50.4 Å². The molecule has 1 aromatic heterocycles. The number of benzene rings is 1. The molecule has 2 aliphatic rings. The van der Waals surface area contributed by atoms with Gasteiger partial charge in [-0.25, -0.2) is 0 Å². The van der Waals surface area contributed by atoms with Crippen molar-refractivity contribution in [3.05, 3.63) is 52.2 Å². The van der Waals surface area contributed by atoms with Gasteiger partial charge < -0.3 is 15.1 Å². The topological polar surface area (TPSA) is 82.1 Å². The smallest absolute Gasteiger partial charge is 0.285 e. The first kappa shape index (κ1) is 20.1. The van der Waals surface area contributed by atoms with Crippen molar-refractivity contribution in [2.75, 3.05) is 27.2 Å². The number of amidine groups is 1. The highest BCUT2D eigenvalue weighted by molar-refractivity contribution is 7.90. The van der Waals surface area contributed by atoms with Crippen LogP contribution < -0.4 is 5.32 Å². The Bertz CT molecular complexity index is 1030. The van der Waals surface area contributed by atoms with Crippen LogP contribution >= 0.6 is 11.3 Å². The first-order chi connectivity index (χ1) is 13.9. The third-order valence-corrected chi connectivity index (χ3v) is 7.49. The van der Waals surface area contributed by atoms with Crippen molar-refractivity contribution in [3.63, 3.8) is 0 Å². The average Bonchev–Trinajstić information content (AvgIpc) is 3.42. The largest absolute Gasteiger partial charge is 0.352 e. The normalized spacial score (nSPS) is 21.1. The maximum atomic E-state index is 13.0. The summed E-state index contributed by atoms with van der Waals surface area (Å²) in [5, 5.41) is 7.19. The Kier molecular flexibility index (Phi) is 5.46. The number of fused-ring (bicyclic) bond motifs is 1. The minimum absolute atomic E-state index is 0.0879. The molecule has 154 valence electrons. The molecule has 1 aromatic carbocycles. The number of amides is 1. The molecular weight excluding hydrogens is 408 g/mol. The molecule has 7 nitrogen and oxygen atoms in total. The van der Waals surface area contributed by atoms with E-state index in [1.165, 1.54) is 5.56 Å². The molecule has 0 aliphatic carbocycles. The quantitative estimate of drug-likeness (QED) is 0.782. The maximum Gasteiger partial charge on any atom is 0.285 e. The van der Waals surface area contributed by atoms with E-state index in [9.17, 15) is 13.2 Å². The Morgan fingerprint density at radius 1 is 1.34 bits per heavy atom. The van der Waals surface area contributed by atoms with Crippen LogP contribution in [0.25, 0.3) is 0 Å². The van der Waals surface area contributed by atoms with Gasteiger partial charge in [0.05, 0.1) is 6.04 Å². The fourth-order valence-corrected chi connectivity index (χ4v) is 5.89. The second-order valence-electron chi connectivity index (χ2n) is 7.52. The van der Waals surface area contributed by atoms with E-state index in [1.807, 2.05) is 24.4 Å². The number of carbonyl (C=O) groups excluding carboxylic acids is 1. The van der Waals surface area contributed by atoms with Crippen LogP contribution in [0.5, 0.6) is 0 Å². The molecule has 0 spiro atoms. The number of sulfonamides is 1. The SMILES string of the molecule is CN(C)C(CNC(=O)[C@@H]1CCCN1C1=NS(=O)(=O)c2ccccc21)c1ccsc1. The molecule has 2 atom stereocenters. The molecule has 1 amide bonds. The molecule has 2 aliphatic heterocycles. The fraction of sp³-hybridized carbons (Fsp3) is 0.400. The van der Waals surface area contributed by atoms with Crippen molar-refractivity contribution in [3.8, 4) is 0 Å². The lowest BCUT2D eigenvalue weighted by molar-refractivity contribution is -0.124. The van der Waals surface area contributed by atoms with E-state index in [0.29, 0.717) is 30.9 Å². The molecule has 1 unspecified atom stereocenters. The summed E-state index contributed by atoms with van der Waals surface area (Å²) in [7, 11) is 0.284. The third kappa shape index (κ3) is 3.82. The average molecular weight is 433 g/mol. The lowest BCUT2D eigenvalue weighted by Gasteiger charge is -2.28. The molecule has 0 saturated carbocycles.